The molecule has 1 aliphatic rings. The number of hydrogen-bond donors (Lipinski definition) is 2. The van der Waals surface area contributed by atoms with Crippen LogP contribution in [-0.2, 0) is 4.79 Å². The summed E-state index contributed by atoms with van der Waals surface area (Å²) in [5.74, 6) is 1.28. The number of pyridine rings is 1. The summed E-state index contributed by atoms with van der Waals surface area (Å²) < 4.78 is 5.67. The molecule has 1 unspecified atom stereocenters. The van der Waals surface area contributed by atoms with Crippen molar-refractivity contribution in [3.8, 4) is 11.6 Å². The lowest BCUT2D eigenvalue weighted by Crippen LogP contribution is -2.37. The maximum absolute atomic E-state index is 12.2. The molecule has 0 spiro atoms. The van der Waals surface area contributed by atoms with Gasteiger partial charge in [0.15, 0.2) is 0 Å². The minimum absolute atomic E-state index is 0.0362. The van der Waals surface area contributed by atoms with Gasteiger partial charge in [0.2, 0.25) is 11.8 Å². The molecule has 1 atom stereocenters. The van der Waals surface area contributed by atoms with Gasteiger partial charge in [0.25, 0.3) is 0 Å². The molecule has 5 heteroatoms. The summed E-state index contributed by atoms with van der Waals surface area (Å²) in [5, 5.41) is 6.21. The maximum atomic E-state index is 12.2. The zero-order valence-electron chi connectivity index (χ0n) is 12.3. The van der Waals surface area contributed by atoms with Crippen molar-refractivity contribution in [2.45, 2.75) is 12.8 Å². The second-order valence-electron chi connectivity index (χ2n) is 5.33. The monoisotopic (exact) mass is 297 g/mol. The van der Waals surface area contributed by atoms with Gasteiger partial charge in [-0.1, -0.05) is 12.1 Å². The number of nitrogens with zero attached hydrogens (tertiary/aromatic N) is 1. The highest BCUT2D eigenvalue weighted by Gasteiger charge is 2.20. The summed E-state index contributed by atoms with van der Waals surface area (Å²) in [5.41, 5.74) is 0.740. The zero-order valence-corrected chi connectivity index (χ0v) is 12.3. The van der Waals surface area contributed by atoms with Gasteiger partial charge in [-0.25, -0.2) is 4.98 Å². The third-order valence-electron chi connectivity index (χ3n) is 3.63. The molecule has 1 aromatic heterocycles. The van der Waals surface area contributed by atoms with Crippen LogP contribution in [-0.4, -0.2) is 24.0 Å². The van der Waals surface area contributed by atoms with Gasteiger partial charge in [-0.3, -0.25) is 4.79 Å². The first-order valence-electron chi connectivity index (χ1n) is 7.52. The van der Waals surface area contributed by atoms with Crippen LogP contribution in [0.5, 0.6) is 11.6 Å². The van der Waals surface area contributed by atoms with Crippen molar-refractivity contribution in [2.75, 3.05) is 18.4 Å². The Hall–Kier alpha value is -2.40. The van der Waals surface area contributed by atoms with E-state index in [0.29, 0.717) is 11.6 Å². The first-order valence-corrected chi connectivity index (χ1v) is 7.52. The van der Waals surface area contributed by atoms with E-state index in [-0.39, 0.29) is 11.8 Å². The van der Waals surface area contributed by atoms with Crippen molar-refractivity contribution in [1.82, 2.24) is 10.3 Å². The lowest BCUT2D eigenvalue weighted by Gasteiger charge is -2.22. The molecule has 1 aliphatic heterocycles. The number of amides is 1. The molecule has 1 saturated heterocycles. The average molecular weight is 297 g/mol. The van der Waals surface area contributed by atoms with Gasteiger partial charge >= 0.3 is 0 Å². The van der Waals surface area contributed by atoms with Crippen LogP contribution in [0.3, 0.4) is 0 Å². The van der Waals surface area contributed by atoms with E-state index in [0.717, 1.165) is 31.6 Å². The molecule has 1 aromatic carbocycles. The molecule has 22 heavy (non-hydrogen) atoms. The molecule has 1 amide bonds. The van der Waals surface area contributed by atoms with Crippen LogP contribution in [0.4, 0.5) is 5.69 Å². The minimum atomic E-state index is 0.0362. The Morgan fingerprint density at radius 3 is 3.00 bits per heavy atom. The van der Waals surface area contributed by atoms with Crippen molar-refractivity contribution >= 4 is 11.6 Å². The Balaban J connectivity index is 1.64. The van der Waals surface area contributed by atoms with Crippen molar-refractivity contribution in [2.24, 2.45) is 5.92 Å². The number of ether oxygens (including phenoxy) is 1. The third-order valence-corrected chi connectivity index (χ3v) is 3.63. The smallest absolute Gasteiger partial charge is 0.228 e. The molecule has 114 valence electrons. The first-order chi connectivity index (χ1) is 10.8. The fourth-order valence-electron chi connectivity index (χ4n) is 2.49. The molecule has 0 saturated carbocycles. The van der Waals surface area contributed by atoms with E-state index >= 15 is 0 Å². The number of nitrogens with one attached hydrogen (secondary N) is 2. The topological polar surface area (TPSA) is 63.2 Å². The summed E-state index contributed by atoms with van der Waals surface area (Å²) in [6.07, 6.45) is 3.65. The van der Waals surface area contributed by atoms with E-state index < -0.39 is 0 Å². The van der Waals surface area contributed by atoms with Crippen molar-refractivity contribution in [1.29, 1.82) is 0 Å². The molecule has 5 nitrogen and oxygen atoms in total. The van der Waals surface area contributed by atoms with Crippen LogP contribution in [0.25, 0.3) is 0 Å². The fourth-order valence-corrected chi connectivity index (χ4v) is 2.49. The summed E-state index contributed by atoms with van der Waals surface area (Å²) in [4.78, 5) is 16.4. The van der Waals surface area contributed by atoms with E-state index in [4.69, 9.17) is 4.74 Å². The molecular weight excluding hydrogens is 278 g/mol. The maximum Gasteiger partial charge on any atom is 0.228 e. The standard InChI is InChI=1S/C17H19N3O2/c21-17(13-5-4-9-18-12-13)20-14-6-3-7-15(11-14)22-16-8-1-2-10-19-16/h1-3,6-8,10-11,13,18H,4-5,9,12H2,(H,20,21). The number of carbonyl (C=O) groups excluding carboxylic acids is 1. The zero-order chi connectivity index (χ0) is 15.2. The quantitative estimate of drug-likeness (QED) is 0.911. The van der Waals surface area contributed by atoms with Gasteiger partial charge in [0, 0.05) is 30.6 Å². The number of anilines is 1. The van der Waals surface area contributed by atoms with Gasteiger partial charge in [0.05, 0.1) is 5.92 Å². The second-order valence-corrected chi connectivity index (χ2v) is 5.33. The van der Waals surface area contributed by atoms with Gasteiger partial charge in [-0.05, 0) is 37.6 Å². The second kappa shape index (κ2) is 7.04. The van der Waals surface area contributed by atoms with E-state index in [1.54, 1.807) is 12.3 Å². The highest BCUT2D eigenvalue weighted by molar-refractivity contribution is 5.92. The molecule has 2 N–H and O–H groups in total. The Kier molecular flexibility index (Phi) is 4.65. The lowest BCUT2D eigenvalue weighted by atomic mass is 9.99. The Bertz CT molecular complexity index is 625. The Morgan fingerprint density at radius 2 is 2.23 bits per heavy atom. The Morgan fingerprint density at radius 1 is 1.27 bits per heavy atom. The molecular formula is C17H19N3O2. The SMILES string of the molecule is O=C(Nc1cccc(Oc2ccccn2)c1)C1CCCNC1. The number of rotatable bonds is 4. The molecule has 2 aromatic rings. The van der Waals surface area contributed by atoms with Crippen molar-refractivity contribution in [3.63, 3.8) is 0 Å². The largest absolute Gasteiger partial charge is 0.439 e. The molecule has 0 radical (unpaired) electrons. The average Bonchev–Trinajstić information content (AvgIpc) is 2.57. The summed E-state index contributed by atoms with van der Waals surface area (Å²) in [6.45, 7) is 1.74. The molecule has 2 heterocycles. The Labute approximate surface area is 129 Å². The van der Waals surface area contributed by atoms with E-state index in [2.05, 4.69) is 15.6 Å². The highest BCUT2D eigenvalue weighted by atomic mass is 16.5. The fraction of sp³-hybridized carbons (Fsp3) is 0.294. The van der Waals surface area contributed by atoms with Gasteiger partial charge < -0.3 is 15.4 Å². The molecule has 0 aliphatic carbocycles. The van der Waals surface area contributed by atoms with E-state index in [1.807, 2.05) is 36.4 Å². The van der Waals surface area contributed by atoms with Crippen LogP contribution in [0.2, 0.25) is 0 Å². The van der Waals surface area contributed by atoms with Crippen LogP contribution in [0.15, 0.2) is 48.7 Å². The van der Waals surface area contributed by atoms with E-state index in [9.17, 15) is 4.79 Å². The van der Waals surface area contributed by atoms with E-state index in [1.165, 1.54) is 0 Å². The number of hydrogen-bond acceptors (Lipinski definition) is 4. The first kappa shape index (κ1) is 14.5. The van der Waals surface area contributed by atoms with Crippen LogP contribution in [0.1, 0.15) is 12.8 Å². The van der Waals surface area contributed by atoms with Crippen LogP contribution >= 0.6 is 0 Å². The number of carbonyl (C=O) groups is 1. The van der Waals surface area contributed by atoms with Crippen LogP contribution in [0, 0.1) is 5.92 Å². The summed E-state index contributed by atoms with van der Waals surface area (Å²) in [6, 6.07) is 12.9. The summed E-state index contributed by atoms with van der Waals surface area (Å²) in [7, 11) is 0. The predicted molar refractivity (Wildman–Crippen MR) is 85.0 cm³/mol. The molecule has 1 fully saturated rings. The van der Waals surface area contributed by atoms with Gasteiger partial charge in [0.1, 0.15) is 5.75 Å². The van der Waals surface area contributed by atoms with Gasteiger partial charge in [-0.15, -0.1) is 0 Å². The number of benzene rings is 1. The minimum Gasteiger partial charge on any atom is -0.439 e. The highest BCUT2D eigenvalue weighted by Crippen LogP contribution is 2.23. The molecule has 0 bridgehead atoms. The normalized spacial score (nSPS) is 17.7. The number of piperidine rings is 1. The van der Waals surface area contributed by atoms with Gasteiger partial charge in [-0.2, -0.15) is 0 Å². The van der Waals surface area contributed by atoms with Crippen molar-refractivity contribution in [3.05, 3.63) is 48.7 Å². The number of aromatic nitrogens is 1. The third kappa shape index (κ3) is 3.83. The lowest BCUT2D eigenvalue weighted by molar-refractivity contribution is -0.120. The predicted octanol–water partition coefficient (Wildman–Crippen LogP) is 2.81. The molecule has 3 rings (SSSR count). The van der Waals surface area contributed by atoms with Crippen LogP contribution < -0.4 is 15.4 Å². The summed E-state index contributed by atoms with van der Waals surface area (Å²) >= 11 is 0. The van der Waals surface area contributed by atoms with Crippen molar-refractivity contribution < 1.29 is 9.53 Å².